The maximum absolute atomic E-state index is 5.72. The highest BCUT2D eigenvalue weighted by molar-refractivity contribution is 5.74. The van der Waals surface area contributed by atoms with E-state index in [9.17, 15) is 0 Å². The number of nitrogens with one attached hydrogen (secondary N) is 1. The molecule has 1 heterocycles. The van der Waals surface area contributed by atoms with E-state index in [1.165, 1.54) is 19.3 Å². The van der Waals surface area contributed by atoms with Crippen LogP contribution in [0.2, 0.25) is 0 Å². The molecule has 1 aromatic heterocycles. The molecule has 3 rings (SSSR count). The highest BCUT2D eigenvalue weighted by Gasteiger charge is 2.32. The topological polar surface area (TPSA) is 38.1 Å². The molecule has 1 saturated carbocycles. The van der Waals surface area contributed by atoms with Gasteiger partial charge in [-0.15, -0.1) is 0 Å². The number of para-hydroxylation sites is 2. The van der Waals surface area contributed by atoms with E-state index < -0.39 is 0 Å². The van der Waals surface area contributed by atoms with Gasteiger partial charge in [-0.3, -0.25) is 0 Å². The van der Waals surface area contributed by atoms with Crippen LogP contribution in [0.4, 0.5) is 6.01 Å². The average molecular weight is 244 g/mol. The number of nitrogens with zero attached hydrogens (tertiary/aromatic N) is 1. The van der Waals surface area contributed by atoms with Crippen molar-refractivity contribution in [3.8, 4) is 0 Å². The van der Waals surface area contributed by atoms with E-state index in [2.05, 4.69) is 24.1 Å². The summed E-state index contributed by atoms with van der Waals surface area (Å²) in [6, 6.07) is 9.08. The Balaban J connectivity index is 1.76. The number of hydrogen-bond acceptors (Lipinski definition) is 3. The highest BCUT2D eigenvalue weighted by Crippen LogP contribution is 2.35. The second-order valence-electron chi connectivity index (χ2n) is 5.34. The number of rotatable bonds is 3. The zero-order valence-corrected chi connectivity index (χ0v) is 11.0. The van der Waals surface area contributed by atoms with Crippen molar-refractivity contribution in [2.45, 2.75) is 39.2 Å². The molecule has 3 atom stereocenters. The van der Waals surface area contributed by atoms with Crippen LogP contribution in [0.3, 0.4) is 0 Å². The maximum Gasteiger partial charge on any atom is 0.295 e. The van der Waals surface area contributed by atoms with Gasteiger partial charge in [0.15, 0.2) is 5.58 Å². The number of fused-ring (bicyclic) bond motifs is 1. The number of hydrogen-bond donors (Lipinski definition) is 1. The van der Waals surface area contributed by atoms with E-state index >= 15 is 0 Å². The molecule has 18 heavy (non-hydrogen) atoms. The Morgan fingerprint density at radius 1 is 1.33 bits per heavy atom. The lowest BCUT2D eigenvalue weighted by molar-refractivity contribution is 0.388. The average Bonchev–Trinajstić information content (AvgIpc) is 2.94. The number of oxazole rings is 1. The van der Waals surface area contributed by atoms with Crippen LogP contribution < -0.4 is 5.32 Å². The van der Waals surface area contributed by atoms with Gasteiger partial charge in [-0.2, -0.15) is 4.98 Å². The molecule has 1 aromatic carbocycles. The van der Waals surface area contributed by atoms with Crippen molar-refractivity contribution in [3.63, 3.8) is 0 Å². The third-order valence-corrected chi connectivity index (χ3v) is 4.35. The summed E-state index contributed by atoms with van der Waals surface area (Å²) in [4.78, 5) is 4.48. The predicted molar refractivity (Wildman–Crippen MR) is 73.6 cm³/mol. The van der Waals surface area contributed by atoms with Crippen LogP contribution in [0.5, 0.6) is 0 Å². The molecule has 1 fully saturated rings. The van der Waals surface area contributed by atoms with Crippen LogP contribution in [-0.4, -0.2) is 11.0 Å². The molecule has 0 bridgehead atoms. The van der Waals surface area contributed by atoms with Crippen molar-refractivity contribution in [3.05, 3.63) is 24.3 Å². The van der Waals surface area contributed by atoms with Crippen molar-refractivity contribution >= 4 is 17.1 Å². The summed E-state index contributed by atoms with van der Waals surface area (Å²) in [6.45, 7) is 4.62. The lowest BCUT2D eigenvalue weighted by Crippen LogP contribution is -2.24. The first kappa shape index (κ1) is 11.6. The highest BCUT2D eigenvalue weighted by atomic mass is 16.4. The fraction of sp³-hybridized carbons (Fsp3) is 0.533. The predicted octanol–water partition coefficient (Wildman–Crippen LogP) is 4.06. The van der Waals surface area contributed by atoms with Gasteiger partial charge >= 0.3 is 0 Å². The molecule has 3 heteroatoms. The normalized spacial score (nSPS) is 27.8. The van der Waals surface area contributed by atoms with Crippen LogP contribution in [0.15, 0.2) is 28.7 Å². The largest absolute Gasteiger partial charge is 0.424 e. The van der Waals surface area contributed by atoms with Gasteiger partial charge in [-0.1, -0.05) is 32.4 Å². The molecular weight excluding hydrogens is 224 g/mol. The van der Waals surface area contributed by atoms with E-state index in [0.717, 1.165) is 17.0 Å². The second kappa shape index (κ2) is 4.63. The lowest BCUT2D eigenvalue weighted by atomic mass is 9.94. The number of benzene rings is 1. The molecule has 1 N–H and O–H groups in total. The van der Waals surface area contributed by atoms with E-state index in [-0.39, 0.29) is 0 Å². The Morgan fingerprint density at radius 3 is 2.89 bits per heavy atom. The molecular formula is C15H20N2O. The molecule has 0 aliphatic heterocycles. The molecule has 96 valence electrons. The fourth-order valence-corrected chi connectivity index (χ4v) is 3.12. The van der Waals surface area contributed by atoms with Gasteiger partial charge in [0.1, 0.15) is 5.52 Å². The van der Waals surface area contributed by atoms with Crippen molar-refractivity contribution < 1.29 is 4.42 Å². The second-order valence-corrected chi connectivity index (χ2v) is 5.34. The van der Waals surface area contributed by atoms with E-state index in [0.29, 0.717) is 18.0 Å². The molecule has 2 aromatic rings. The third-order valence-electron chi connectivity index (χ3n) is 4.35. The van der Waals surface area contributed by atoms with Gasteiger partial charge in [0, 0.05) is 6.04 Å². The first-order valence-electron chi connectivity index (χ1n) is 6.90. The van der Waals surface area contributed by atoms with Gasteiger partial charge in [0.2, 0.25) is 0 Å². The quantitative estimate of drug-likeness (QED) is 0.884. The molecule has 0 saturated heterocycles. The first-order valence-corrected chi connectivity index (χ1v) is 6.90. The SMILES string of the molecule is CCC1CCC(Nc2nc3ccccc3o2)C1C. The third kappa shape index (κ3) is 1.98. The van der Waals surface area contributed by atoms with Crippen LogP contribution in [0, 0.1) is 11.8 Å². The monoisotopic (exact) mass is 244 g/mol. The van der Waals surface area contributed by atoms with Crippen molar-refractivity contribution in [2.24, 2.45) is 11.8 Å². The minimum atomic E-state index is 0.503. The Kier molecular flexibility index (Phi) is 2.98. The number of aromatic nitrogens is 1. The van der Waals surface area contributed by atoms with Crippen LogP contribution in [0.1, 0.15) is 33.1 Å². The van der Waals surface area contributed by atoms with Crippen molar-refractivity contribution in [1.82, 2.24) is 4.98 Å². The Bertz CT molecular complexity index is 501. The van der Waals surface area contributed by atoms with E-state index in [1.54, 1.807) is 0 Å². The number of anilines is 1. The van der Waals surface area contributed by atoms with Crippen molar-refractivity contribution in [1.29, 1.82) is 0 Å². The summed E-state index contributed by atoms with van der Waals surface area (Å²) in [5, 5.41) is 3.47. The standard InChI is InChI=1S/C15H20N2O/c1-3-11-8-9-12(10(11)2)16-15-17-13-6-4-5-7-14(13)18-15/h4-7,10-12H,3,8-9H2,1-2H3,(H,16,17). The summed E-state index contributed by atoms with van der Waals surface area (Å²) in [7, 11) is 0. The molecule has 0 spiro atoms. The first-order chi connectivity index (χ1) is 8.78. The zero-order valence-electron chi connectivity index (χ0n) is 11.0. The smallest absolute Gasteiger partial charge is 0.295 e. The van der Waals surface area contributed by atoms with Gasteiger partial charge < -0.3 is 9.73 Å². The summed E-state index contributed by atoms with van der Waals surface area (Å²) >= 11 is 0. The van der Waals surface area contributed by atoms with E-state index in [1.807, 2.05) is 24.3 Å². The Labute approximate surface area is 108 Å². The fourth-order valence-electron chi connectivity index (χ4n) is 3.12. The van der Waals surface area contributed by atoms with Gasteiger partial charge in [-0.25, -0.2) is 0 Å². The molecule has 1 aliphatic rings. The lowest BCUT2D eigenvalue weighted by Gasteiger charge is -2.19. The van der Waals surface area contributed by atoms with Crippen LogP contribution in [0.25, 0.3) is 11.1 Å². The van der Waals surface area contributed by atoms with E-state index in [4.69, 9.17) is 4.42 Å². The van der Waals surface area contributed by atoms with Gasteiger partial charge in [0.05, 0.1) is 0 Å². The minimum absolute atomic E-state index is 0.503. The summed E-state index contributed by atoms with van der Waals surface area (Å²) in [5.41, 5.74) is 1.79. The Morgan fingerprint density at radius 2 is 2.17 bits per heavy atom. The maximum atomic E-state index is 5.72. The summed E-state index contributed by atoms with van der Waals surface area (Å²) in [5.74, 6) is 1.54. The molecule has 0 radical (unpaired) electrons. The molecule has 3 unspecified atom stereocenters. The van der Waals surface area contributed by atoms with Gasteiger partial charge in [0.25, 0.3) is 6.01 Å². The minimum Gasteiger partial charge on any atom is -0.424 e. The van der Waals surface area contributed by atoms with Crippen molar-refractivity contribution in [2.75, 3.05) is 5.32 Å². The van der Waals surface area contributed by atoms with Gasteiger partial charge in [-0.05, 0) is 36.8 Å². The molecule has 0 amide bonds. The zero-order chi connectivity index (χ0) is 12.5. The van der Waals surface area contributed by atoms with Crippen LogP contribution in [-0.2, 0) is 0 Å². The molecule has 3 nitrogen and oxygen atoms in total. The summed E-state index contributed by atoms with van der Waals surface area (Å²) in [6.07, 6.45) is 3.81. The molecule has 1 aliphatic carbocycles. The Hall–Kier alpha value is -1.51. The summed E-state index contributed by atoms with van der Waals surface area (Å²) < 4.78 is 5.72. The van der Waals surface area contributed by atoms with Crippen LogP contribution >= 0.6 is 0 Å².